The van der Waals surface area contributed by atoms with E-state index >= 15 is 0 Å². The molecule has 4 N–H and O–H groups in total. The van der Waals surface area contributed by atoms with Crippen molar-refractivity contribution in [2.24, 2.45) is 0 Å². The van der Waals surface area contributed by atoms with Gasteiger partial charge >= 0.3 is 5.97 Å². The summed E-state index contributed by atoms with van der Waals surface area (Å²) in [5, 5.41) is 11.6. The van der Waals surface area contributed by atoms with E-state index in [9.17, 15) is 9.59 Å². The number of amides is 1. The van der Waals surface area contributed by atoms with Crippen LogP contribution in [-0.4, -0.2) is 24.1 Å². The number of benzene rings is 2. The van der Waals surface area contributed by atoms with E-state index < -0.39 is 11.9 Å². The number of nitrogens with one attached hydrogen (secondary N) is 1. The van der Waals surface area contributed by atoms with Crippen molar-refractivity contribution in [3.63, 3.8) is 0 Å². The standard InChI is InChI=1S/C17H16N2O4/c1-23-15-8-6-11(10-13(15)18)7-9-16(20)19-14-5-3-2-4-12(14)17(21)22/h2-10H,18H2,1H3,(H,19,20)(H,21,22)/b9-7-. The van der Waals surface area contributed by atoms with Crippen LogP contribution in [0.5, 0.6) is 5.75 Å². The first kappa shape index (κ1) is 16.1. The van der Waals surface area contributed by atoms with E-state index in [0.717, 1.165) is 5.56 Å². The van der Waals surface area contributed by atoms with Crippen molar-refractivity contribution in [2.45, 2.75) is 0 Å². The van der Waals surface area contributed by atoms with Gasteiger partial charge < -0.3 is 20.9 Å². The van der Waals surface area contributed by atoms with Crippen molar-refractivity contribution in [1.82, 2.24) is 0 Å². The molecule has 0 atom stereocenters. The number of rotatable bonds is 5. The third-order valence-electron chi connectivity index (χ3n) is 3.10. The number of hydrogen-bond acceptors (Lipinski definition) is 4. The lowest BCUT2D eigenvalue weighted by Crippen LogP contribution is -2.11. The molecule has 6 heteroatoms. The lowest BCUT2D eigenvalue weighted by atomic mass is 10.1. The Morgan fingerprint density at radius 2 is 1.96 bits per heavy atom. The van der Waals surface area contributed by atoms with E-state index in [1.165, 1.54) is 25.3 Å². The van der Waals surface area contributed by atoms with Crippen molar-refractivity contribution < 1.29 is 19.4 Å². The number of para-hydroxylation sites is 1. The summed E-state index contributed by atoms with van der Waals surface area (Å²) in [7, 11) is 1.52. The van der Waals surface area contributed by atoms with Crippen molar-refractivity contribution in [2.75, 3.05) is 18.2 Å². The molecule has 0 aliphatic heterocycles. The molecule has 6 nitrogen and oxygen atoms in total. The summed E-state index contributed by atoms with van der Waals surface area (Å²) in [6.45, 7) is 0. The number of carboxylic acid groups (broad SMARTS) is 1. The smallest absolute Gasteiger partial charge is 0.337 e. The molecule has 0 unspecified atom stereocenters. The first-order valence-corrected chi connectivity index (χ1v) is 6.76. The fourth-order valence-electron chi connectivity index (χ4n) is 1.98. The number of aromatic carboxylic acids is 1. The fraction of sp³-hybridized carbons (Fsp3) is 0.0588. The van der Waals surface area contributed by atoms with Gasteiger partial charge in [0.2, 0.25) is 5.91 Å². The van der Waals surface area contributed by atoms with E-state index in [4.69, 9.17) is 15.6 Å². The van der Waals surface area contributed by atoms with E-state index in [1.54, 1.807) is 36.4 Å². The Morgan fingerprint density at radius 1 is 1.22 bits per heavy atom. The number of nitrogen functional groups attached to an aromatic ring is 1. The summed E-state index contributed by atoms with van der Waals surface area (Å²) in [6.07, 6.45) is 2.88. The molecule has 0 aliphatic carbocycles. The van der Waals surface area contributed by atoms with E-state index in [2.05, 4.69) is 5.32 Å². The Morgan fingerprint density at radius 3 is 2.61 bits per heavy atom. The van der Waals surface area contributed by atoms with E-state index in [1.807, 2.05) is 0 Å². The second kappa shape index (κ2) is 7.13. The van der Waals surface area contributed by atoms with E-state index in [-0.39, 0.29) is 11.3 Å². The Balaban J connectivity index is 2.11. The second-order valence-electron chi connectivity index (χ2n) is 4.67. The van der Waals surface area contributed by atoms with Crippen LogP contribution in [0, 0.1) is 0 Å². The molecule has 0 heterocycles. The largest absolute Gasteiger partial charge is 0.495 e. The minimum atomic E-state index is -1.10. The zero-order valence-electron chi connectivity index (χ0n) is 12.4. The van der Waals surface area contributed by atoms with Crippen LogP contribution in [0.3, 0.4) is 0 Å². The molecule has 0 saturated heterocycles. The van der Waals surface area contributed by atoms with Gasteiger partial charge in [-0.3, -0.25) is 4.79 Å². The molecule has 0 aromatic heterocycles. The first-order chi connectivity index (χ1) is 11.0. The first-order valence-electron chi connectivity index (χ1n) is 6.76. The highest BCUT2D eigenvalue weighted by molar-refractivity contribution is 6.06. The third kappa shape index (κ3) is 4.10. The summed E-state index contributed by atoms with van der Waals surface area (Å²) in [4.78, 5) is 23.0. The third-order valence-corrected chi connectivity index (χ3v) is 3.10. The molecule has 0 bridgehead atoms. The summed E-state index contributed by atoms with van der Waals surface area (Å²) in [5.74, 6) is -0.983. The molecule has 2 aromatic rings. The number of ether oxygens (including phenoxy) is 1. The highest BCUT2D eigenvalue weighted by Crippen LogP contribution is 2.22. The second-order valence-corrected chi connectivity index (χ2v) is 4.67. The summed E-state index contributed by atoms with van der Waals surface area (Å²) in [6, 6.07) is 11.3. The van der Waals surface area contributed by atoms with Gasteiger partial charge in [-0.05, 0) is 35.9 Å². The minimum absolute atomic E-state index is 0.0305. The molecule has 0 spiro atoms. The topological polar surface area (TPSA) is 102 Å². The Labute approximate surface area is 133 Å². The molecule has 118 valence electrons. The summed E-state index contributed by atoms with van der Waals surface area (Å²) >= 11 is 0. The highest BCUT2D eigenvalue weighted by atomic mass is 16.5. The van der Waals surface area contributed by atoms with Crippen LogP contribution in [0.25, 0.3) is 6.08 Å². The molecule has 0 fully saturated rings. The Kier molecular flexibility index (Phi) is 4.99. The molecule has 0 aliphatic rings. The van der Waals surface area contributed by atoms with Gasteiger partial charge in [-0.1, -0.05) is 18.2 Å². The van der Waals surface area contributed by atoms with Gasteiger partial charge in [0, 0.05) is 6.08 Å². The highest BCUT2D eigenvalue weighted by Gasteiger charge is 2.10. The number of nitrogens with two attached hydrogens (primary N) is 1. The van der Waals surface area contributed by atoms with Gasteiger partial charge in [0.1, 0.15) is 5.75 Å². The Bertz CT molecular complexity index is 769. The lowest BCUT2D eigenvalue weighted by molar-refractivity contribution is -0.111. The average Bonchev–Trinajstić information content (AvgIpc) is 2.53. The number of carbonyl (C=O) groups excluding carboxylic acids is 1. The molecule has 0 saturated carbocycles. The predicted molar refractivity (Wildman–Crippen MR) is 88.5 cm³/mol. The SMILES string of the molecule is COc1ccc(/C=C\C(=O)Nc2ccccc2C(=O)O)cc1N. The minimum Gasteiger partial charge on any atom is -0.495 e. The van der Waals surface area contributed by atoms with Gasteiger partial charge in [0.15, 0.2) is 0 Å². The molecule has 23 heavy (non-hydrogen) atoms. The van der Waals surface area contributed by atoms with Crippen LogP contribution in [0.1, 0.15) is 15.9 Å². The lowest BCUT2D eigenvalue weighted by Gasteiger charge is -2.06. The molecular formula is C17H16N2O4. The number of carboxylic acids is 1. The number of methoxy groups -OCH3 is 1. The van der Waals surface area contributed by atoms with Crippen LogP contribution in [0.2, 0.25) is 0 Å². The quantitative estimate of drug-likeness (QED) is 0.582. The predicted octanol–water partition coefficient (Wildman–Crippen LogP) is 2.63. The Hall–Kier alpha value is -3.28. The van der Waals surface area contributed by atoms with Crippen LogP contribution in [0.4, 0.5) is 11.4 Å². The molecule has 2 rings (SSSR count). The van der Waals surface area contributed by atoms with Gasteiger partial charge in [0.25, 0.3) is 0 Å². The summed E-state index contributed by atoms with van der Waals surface area (Å²) in [5.41, 5.74) is 7.25. The maximum absolute atomic E-state index is 11.9. The van der Waals surface area contributed by atoms with E-state index in [0.29, 0.717) is 11.4 Å². The average molecular weight is 312 g/mol. The zero-order valence-corrected chi connectivity index (χ0v) is 12.4. The maximum atomic E-state index is 11.9. The fourth-order valence-corrected chi connectivity index (χ4v) is 1.98. The maximum Gasteiger partial charge on any atom is 0.337 e. The van der Waals surface area contributed by atoms with Crippen LogP contribution < -0.4 is 15.8 Å². The van der Waals surface area contributed by atoms with Crippen molar-refractivity contribution in [3.8, 4) is 5.75 Å². The molecule has 2 aromatic carbocycles. The van der Waals surface area contributed by atoms with Gasteiger partial charge in [-0.2, -0.15) is 0 Å². The molecular weight excluding hydrogens is 296 g/mol. The van der Waals surface area contributed by atoms with Crippen LogP contribution in [-0.2, 0) is 4.79 Å². The van der Waals surface area contributed by atoms with Gasteiger partial charge in [-0.15, -0.1) is 0 Å². The van der Waals surface area contributed by atoms with Crippen LogP contribution in [0.15, 0.2) is 48.5 Å². The number of hydrogen-bond donors (Lipinski definition) is 3. The monoisotopic (exact) mass is 312 g/mol. The van der Waals surface area contributed by atoms with Crippen molar-refractivity contribution >= 4 is 29.3 Å². The van der Waals surface area contributed by atoms with Gasteiger partial charge in [0.05, 0.1) is 24.0 Å². The van der Waals surface area contributed by atoms with Crippen LogP contribution >= 0.6 is 0 Å². The number of carbonyl (C=O) groups is 2. The van der Waals surface area contributed by atoms with Crippen molar-refractivity contribution in [1.29, 1.82) is 0 Å². The molecule has 1 amide bonds. The summed E-state index contributed by atoms with van der Waals surface area (Å²) < 4.78 is 5.06. The number of anilines is 2. The zero-order chi connectivity index (χ0) is 16.8. The molecule has 0 radical (unpaired) electrons. The van der Waals surface area contributed by atoms with Crippen molar-refractivity contribution in [3.05, 3.63) is 59.7 Å². The van der Waals surface area contributed by atoms with Gasteiger partial charge in [-0.25, -0.2) is 4.79 Å². The normalized spacial score (nSPS) is 10.5.